The molecule has 0 spiro atoms. The number of nitrogens with two attached hydrogens (primary N) is 1. The van der Waals surface area contributed by atoms with Crippen LogP contribution in [0, 0.1) is 0 Å². The maximum absolute atomic E-state index is 5.79. The van der Waals surface area contributed by atoms with E-state index in [9.17, 15) is 0 Å². The summed E-state index contributed by atoms with van der Waals surface area (Å²) in [6.07, 6.45) is 2.30. The van der Waals surface area contributed by atoms with E-state index in [-0.39, 0.29) is 6.04 Å². The van der Waals surface area contributed by atoms with Gasteiger partial charge in [0, 0.05) is 17.8 Å². The molecule has 1 aromatic heterocycles. The largest absolute Gasteiger partial charge is 0.494 e. The number of fused-ring (bicyclic) bond motifs is 1. The van der Waals surface area contributed by atoms with Crippen molar-refractivity contribution in [2.24, 2.45) is 5.73 Å². The summed E-state index contributed by atoms with van der Waals surface area (Å²) in [6.45, 7) is 1.97. The number of aromatic nitrogens is 2. The fourth-order valence-electron chi connectivity index (χ4n) is 1.75. The predicted molar refractivity (Wildman–Crippen MR) is 63.4 cm³/mol. The van der Waals surface area contributed by atoms with Crippen molar-refractivity contribution in [3.8, 4) is 5.75 Å². The second-order valence-electron chi connectivity index (χ2n) is 3.86. The Bertz CT molecular complexity index is 497. The van der Waals surface area contributed by atoms with Crippen molar-refractivity contribution in [2.75, 3.05) is 7.11 Å². The maximum atomic E-state index is 5.79. The van der Waals surface area contributed by atoms with Crippen molar-refractivity contribution in [3.63, 3.8) is 0 Å². The summed E-state index contributed by atoms with van der Waals surface area (Å²) in [5, 5.41) is 1.01. The highest BCUT2D eigenvalue weighted by Crippen LogP contribution is 2.24. The second kappa shape index (κ2) is 4.45. The van der Waals surface area contributed by atoms with Crippen molar-refractivity contribution >= 4 is 10.9 Å². The fraction of sp³-hybridized carbons (Fsp3) is 0.333. The molecule has 1 aromatic carbocycles. The van der Waals surface area contributed by atoms with E-state index in [0.717, 1.165) is 28.8 Å². The summed E-state index contributed by atoms with van der Waals surface area (Å²) in [4.78, 5) is 8.52. The third kappa shape index (κ3) is 1.97. The number of methoxy groups -OCH3 is 1. The van der Waals surface area contributed by atoms with Gasteiger partial charge in [-0.1, -0.05) is 12.1 Å². The van der Waals surface area contributed by atoms with Crippen molar-refractivity contribution in [1.29, 1.82) is 0 Å². The minimum Gasteiger partial charge on any atom is -0.494 e. The normalized spacial score (nSPS) is 12.7. The first kappa shape index (κ1) is 10.8. The van der Waals surface area contributed by atoms with Gasteiger partial charge in [0.1, 0.15) is 17.6 Å². The molecule has 0 saturated carbocycles. The summed E-state index contributed by atoms with van der Waals surface area (Å²) in [5.74, 6) is 0.769. The molecule has 4 nitrogen and oxygen atoms in total. The van der Waals surface area contributed by atoms with Crippen LogP contribution in [0.3, 0.4) is 0 Å². The molecule has 0 aliphatic carbocycles. The van der Waals surface area contributed by atoms with Crippen molar-refractivity contribution in [3.05, 3.63) is 30.2 Å². The molecule has 1 atom stereocenters. The molecule has 1 unspecified atom stereocenters. The van der Waals surface area contributed by atoms with Gasteiger partial charge in [0.05, 0.1) is 12.8 Å². The summed E-state index contributed by atoms with van der Waals surface area (Å²) in [6, 6.07) is 5.92. The first-order valence-electron chi connectivity index (χ1n) is 5.24. The van der Waals surface area contributed by atoms with E-state index in [2.05, 4.69) is 9.97 Å². The third-order valence-electron chi connectivity index (χ3n) is 2.45. The van der Waals surface area contributed by atoms with Crippen LogP contribution >= 0.6 is 0 Å². The van der Waals surface area contributed by atoms with Crippen LogP contribution in [0.15, 0.2) is 24.5 Å². The lowest BCUT2D eigenvalue weighted by molar-refractivity contribution is 0.419. The van der Waals surface area contributed by atoms with Crippen molar-refractivity contribution in [1.82, 2.24) is 9.97 Å². The van der Waals surface area contributed by atoms with Crippen molar-refractivity contribution in [2.45, 2.75) is 19.4 Å². The van der Waals surface area contributed by atoms with Crippen LogP contribution < -0.4 is 10.5 Å². The van der Waals surface area contributed by atoms with E-state index < -0.39 is 0 Å². The number of para-hydroxylation sites is 1. The zero-order chi connectivity index (χ0) is 11.5. The number of nitrogens with zero attached hydrogens (tertiary/aromatic N) is 2. The van der Waals surface area contributed by atoms with E-state index in [4.69, 9.17) is 10.5 Å². The molecule has 2 N–H and O–H groups in total. The van der Waals surface area contributed by atoms with Crippen LogP contribution in [0.1, 0.15) is 12.6 Å². The highest BCUT2D eigenvalue weighted by molar-refractivity contribution is 5.86. The molecule has 2 rings (SSSR count). The Balaban J connectivity index is 2.59. The van der Waals surface area contributed by atoms with Gasteiger partial charge in [0.15, 0.2) is 0 Å². The average Bonchev–Trinajstić information content (AvgIpc) is 2.28. The molecule has 0 fully saturated rings. The average molecular weight is 217 g/mol. The van der Waals surface area contributed by atoms with Gasteiger partial charge < -0.3 is 10.5 Å². The Morgan fingerprint density at radius 3 is 2.88 bits per heavy atom. The highest BCUT2D eigenvalue weighted by atomic mass is 16.5. The monoisotopic (exact) mass is 217 g/mol. The standard InChI is InChI=1S/C12H15N3O/c1-8(13)6-10-9-4-3-5-11(16-2)12(9)15-7-14-10/h3-5,7-8H,6,13H2,1-2H3. The second-order valence-corrected chi connectivity index (χ2v) is 3.86. The number of benzene rings is 1. The summed E-state index contributed by atoms with van der Waals surface area (Å²) in [7, 11) is 1.64. The quantitative estimate of drug-likeness (QED) is 0.847. The molecule has 4 heteroatoms. The molecule has 0 amide bonds. The molecular formula is C12H15N3O. The molecule has 0 radical (unpaired) electrons. The number of hydrogen-bond acceptors (Lipinski definition) is 4. The van der Waals surface area contributed by atoms with Gasteiger partial charge in [-0.3, -0.25) is 0 Å². The van der Waals surface area contributed by atoms with Crippen LogP contribution in [0.2, 0.25) is 0 Å². The summed E-state index contributed by atoms with van der Waals surface area (Å²) < 4.78 is 5.27. The van der Waals surface area contributed by atoms with Gasteiger partial charge in [-0.05, 0) is 13.0 Å². The Morgan fingerprint density at radius 2 is 2.19 bits per heavy atom. The number of hydrogen-bond donors (Lipinski definition) is 1. The Labute approximate surface area is 94.5 Å². The molecule has 1 heterocycles. The third-order valence-corrected chi connectivity index (χ3v) is 2.45. The minimum atomic E-state index is 0.0873. The fourth-order valence-corrected chi connectivity index (χ4v) is 1.75. The van der Waals surface area contributed by atoms with Gasteiger partial charge in [-0.2, -0.15) is 0 Å². The van der Waals surface area contributed by atoms with Crippen LogP contribution in [0.25, 0.3) is 10.9 Å². The SMILES string of the molecule is COc1cccc2c(CC(C)N)ncnc12. The zero-order valence-electron chi connectivity index (χ0n) is 9.47. The maximum Gasteiger partial charge on any atom is 0.145 e. The van der Waals surface area contributed by atoms with Crippen LogP contribution in [-0.4, -0.2) is 23.1 Å². The number of rotatable bonds is 3. The summed E-state index contributed by atoms with van der Waals surface area (Å²) >= 11 is 0. The van der Waals surface area contributed by atoms with Crippen LogP contribution in [0.5, 0.6) is 5.75 Å². The smallest absolute Gasteiger partial charge is 0.145 e. The van der Waals surface area contributed by atoms with E-state index >= 15 is 0 Å². The number of ether oxygens (including phenoxy) is 1. The van der Waals surface area contributed by atoms with Crippen LogP contribution in [0.4, 0.5) is 0 Å². The highest BCUT2D eigenvalue weighted by Gasteiger charge is 2.08. The molecule has 84 valence electrons. The first-order chi connectivity index (χ1) is 7.72. The topological polar surface area (TPSA) is 61.0 Å². The molecule has 0 saturated heterocycles. The zero-order valence-corrected chi connectivity index (χ0v) is 9.47. The van der Waals surface area contributed by atoms with Gasteiger partial charge in [0.25, 0.3) is 0 Å². The van der Waals surface area contributed by atoms with Gasteiger partial charge in [0.2, 0.25) is 0 Å². The molecular weight excluding hydrogens is 202 g/mol. The molecule has 0 aliphatic heterocycles. The van der Waals surface area contributed by atoms with Gasteiger partial charge in [-0.25, -0.2) is 9.97 Å². The Morgan fingerprint density at radius 1 is 1.38 bits per heavy atom. The predicted octanol–water partition coefficient (Wildman–Crippen LogP) is 1.53. The van der Waals surface area contributed by atoms with Gasteiger partial charge in [-0.15, -0.1) is 0 Å². The van der Waals surface area contributed by atoms with Gasteiger partial charge >= 0.3 is 0 Å². The first-order valence-corrected chi connectivity index (χ1v) is 5.24. The molecule has 2 aromatic rings. The Hall–Kier alpha value is -1.68. The lowest BCUT2D eigenvalue weighted by atomic mass is 10.1. The van der Waals surface area contributed by atoms with Crippen molar-refractivity contribution < 1.29 is 4.74 Å². The lowest BCUT2D eigenvalue weighted by Gasteiger charge is -2.09. The van der Waals surface area contributed by atoms with E-state index in [1.807, 2.05) is 25.1 Å². The minimum absolute atomic E-state index is 0.0873. The van der Waals surface area contributed by atoms with E-state index in [0.29, 0.717) is 0 Å². The molecule has 0 aliphatic rings. The molecule has 16 heavy (non-hydrogen) atoms. The van der Waals surface area contributed by atoms with Crippen LogP contribution in [-0.2, 0) is 6.42 Å². The summed E-state index contributed by atoms with van der Waals surface area (Å²) in [5.41, 5.74) is 7.61. The van der Waals surface area contributed by atoms with E-state index in [1.165, 1.54) is 0 Å². The lowest BCUT2D eigenvalue weighted by Crippen LogP contribution is -2.18. The van der Waals surface area contributed by atoms with E-state index in [1.54, 1.807) is 13.4 Å². The Kier molecular flexibility index (Phi) is 3.01. The molecule has 0 bridgehead atoms.